The summed E-state index contributed by atoms with van der Waals surface area (Å²) in [7, 11) is 0. The van der Waals surface area contributed by atoms with Crippen LogP contribution in [0, 0.1) is 5.82 Å². The molecule has 2 N–H and O–H groups in total. The molecule has 1 aromatic carbocycles. The number of carbonyl (C=O) groups is 1. The fraction of sp³-hybridized carbons (Fsp3) is 0.294. The molecule has 2 rings (SSSR count). The molecule has 0 aliphatic carbocycles. The molecule has 1 aromatic heterocycles. The first-order chi connectivity index (χ1) is 11.1. The Morgan fingerprint density at radius 3 is 2.78 bits per heavy atom. The highest BCUT2D eigenvalue weighted by atomic mass is 19.1. The van der Waals surface area contributed by atoms with Gasteiger partial charge in [-0.15, -0.1) is 0 Å². The molecular weight excluding hydrogens is 299 g/mol. The predicted molar refractivity (Wildman–Crippen MR) is 82.7 cm³/mol. The molecule has 5 nitrogen and oxygen atoms in total. The Bertz CT molecular complexity index is 637. The van der Waals surface area contributed by atoms with E-state index in [-0.39, 0.29) is 25.5 Å². The molecule has 6 heteroatoms. The van der Waals surface area contributed by atoms with Gasteiger partial charge in [0.15, 0.2) is 0 Å². The van der Waals surface area contributed by atoms with E-state index in [1.54, 1.807) is 24.5 Å². The normalized spacial score (nSPS) is 12.0. The van der Waals surface area contributed by atoms with Crippen molar-refractivity contribution in [1.82, 2.24) is 9.88 Å². The predicted octanol–water partition coefficient (Wildman–Crippen LogP) is 1.67. The van der Waals surface area contributed by atoms with Gasteiger partial charge in [-0.1, -0.05) is 18.2 Å². The fourth-order valence-corrected chi connectivity index (χ4v) is 2.25. The van der Waals surface area contributed by atoms with Crippen molar-refractivity contribution < 1.29 is 19.4 Å². The summed E-state index contributed by atoms with van der Waals surface area (Å²) in [5.41, 5.74) is 1.18. The van der Waals surface area contributed by atoms with Crippen molar-refractivity contribution in [2.24, 2.45) is 0 Å². The highest BCUT2D eigenvalue weighted by Crippen LogP contribution is 2.19. The average Bonchev–Trinajstić information content (AvgIpc) is 2.55. The Kier molecular flexibility index (Phi) is 6.19. The molecule has 0 aliphatic heterocycles. The molecule has 0 radical (unpaired) electrons. The molecule has 1 heterocycles. The molecule has 0 spiro atoms. The lowest BCUT2D eigenvalue weighted by molar-refractivity contribution is -0.134. The molecule has 0 bridgehead atoms. The summed E-state index contributed by atoms with van der Waals surface area (Å²) in [6.07, 6.45) is 2.01. The van der Waals surface area contributed by atoms with E-state index in [4.69, 9.17) is 5.11 Å². The number of nitrogens with zero attached hydrogens (tertiary/aromatic N) is 2. The first-order valence-electron chi connectivity index (χ1n) is 7.31. The van der Waals surface area contributed by atoms with E-state index >= 15 is 0 Å². The van der Waals surface area contributed by atoms with Gasteiger partial charge in [-0.05, 0) is 29.3 Å². The number of aliphatic hydroxyl groups is 2. The van der Waals surface area contributed by atoms with Crippen LogP contribution in [0.2, 0.25) is 0 Å². The minimum atomic E-state index is -1.09. The van der Waals surface area contributed by atoms with Crippen molar-refractivity contribution in [1.29, 1.82) is 0 Å². The third-order valence-electron chi connectivity index (χ3n) is 3.42. The summed E-state index contributed by atoms with van der Waals surface area (Å²) < 4.78 is 13.2. The SMILES string of the molecule is O=C(CC(O)c1cccc(F)c1)N(CCO)Cc1cccnc1. The molecule has 1 unspecified atom stereocenters. The van der Waals surface area contributed by atoms with Crippen molar-refractivity contribution in [3.8, 4) is 0 Å². The van der Waals surface area contributed by atoms with E-state index in [9.17, 15) is 14.3 Å². The second kappa shape index (κ2) is 8.36. The Morgan fingerprint density at radius 2 is 2.13 bits per heavy atom. The minimum absolute atomic E-state index is 0.156. The van der Waals surface area contributed by atoms with Gasteiger partial charge >= 0.3 is 0 Å². The molecule has 0 fully saturated rings. The van der Waals surface area contributed by atoms with Gasteiger partial charge in [0.1, 0.15) is 5.82 Å². The Hall–Kier alpha value is -2.31. The molecule has 0 aliphatic rings. The third kappa shape index (κ3) is 5.12. The number of rotatable bonds is 7. The molecule has 0 saturated heterocycles. The minimum Gasteiger partial charge on any atom is -0.395 e. The van der Waals surface area contributed by atoms with Crippen LogP contribution in [-0.4, -0.2) is 39.2 Å². The lowest BCUT2D eigenvalue weighted by atomic mass is 10.1. The highest BCUT2D eigenvalue weighted by molar-refractivity contribution is 5.77. The number of halogens is 1. The van der Waals surface area contributed by atoms with Gasteiger partial charge in [0.2, 0.25) is 5.91 Å². The van der Waals surface area contributed by atoms with Crippen LogP contribution >= 0.6 is 0 Å². The number of aliphatic hydroxyl groups excluding tert-OH is 2. The van der Waals surface area contributed by atoms with Crippen LogP contribution in [0.5, 0.6) is 0 Å². The maximum absolute atomic E-state index is 13.2. The van der Waals surface area contributed by atoms with Crippen LogP contribution in [0.1, 0.15) is 23.7 Å². The number of aromatic nitrogens is 1. The lowest BCUT2D eigenvalue weighted by Gasteiger charge is -2.23. The van der Waals surface area contributed by atoms with Crippen molar-refractivity contribution in [3.05, 3.63) is 65.7 Å². The first kappa shape index (κ1) is 17.1. The zero-order valence-corrected chi connectivity index (χ0v) is 12.6. The molecule has 0 saturated carbocycles. The molecular formula is C17H19FN2O3. The van der Waals surface area contributed by atoms with Gasteiger partial charge in [-0.25, -0.2) is 4.39 Å². The Balaban J connectivity index is 2.02. The van der Waals surface area contributed by atoms with Gasteiger partial charge in [0.25, 0.3) is 0 Å². The zero-order chi connectivity index (χ0) is 16.7. The number of benzene rings is 1. The summed E-state index contributed by atoms with van der Waals surface area (Å²) >= 11 is 0. The lowest BCUT2D eigenvalue weighted by Crippen LogP contribution is -2.34. The monoisotopic (exact) mass is 318 g/mol. The van der Waals surface area contributed by atoms with Gasteiger partial charge in [-0.3, -0.25) is 9.78 Å². The van der Waals surface area contributed by atoms with Gasteiger partial charge in [0.05, 0.1) is 19.1 Å². The van der Waals surface area contributed by atoms with Gasteiger partial charge in [-0.2, -0.15) is 0 Å². The van der Waals surface area contributed by atoms with E-state index in [1.807, 2.05) is 6.07 Å². The molecule has 23 heavy (non-hydrogen) atoms. The van der Waals surface area contributed by atoms with E-state index in [0.29, 0.717) is 12.1 Å². The third-order valence-corrected chi connectivity index (χ3v) is 3.42. The van der Waals surface area contributed by atoms with Crippen LogP contribution in [0.25, 0.3) is 0 Å². The van der Waals surface area contributed by atoms with Gasteiger partial charge < -0.3 is 15.1 Å². The van der Waals surface area contributed by atoms with Crippen LogP contribution < -0.4 is 0 Å². The number of amides is 1. The van der Waals surface area contributed by atoms with Crippen molar-refractivity contribution >= 4 is 5.91 Å². The maximum Gasteiger partial charge on any atom is 0.225 e. The zero-order valence-electron chi connectivity index (χ0n) is 12.6. The second-order valence-corrected chi connectivity index (χ2v) is 5.18. The molecule has 1 amide bonds. The quantitative estimate of drug-likeness (QED) is 0.814. The van der Waals surface area contributed by atoms with Crippen LogP contribution in [0.3, 0.4) is 0 Å². The molecule has 2 aromatic rings. The largest absolute Gasteiger partial charge is 0.395 e. The number of pyridine rings is 1. The van der Waals surface area contributed by atoms with Crippen LogP contribution in [0.15, 0.2) is 48.8 Å². The summed E-state index contributed by atoms with van der Waals surface area (Å²) in [5, 5.41) is 19.2. The fourth-order valence-electron chi connectivity index (χ4n) is 2.25. The Morgan fingerprint density at radius 1 is 1.30 bits per heavy atom. The smallest absolute Gasteiger partial charge is 0.225 e. The topological polar surface area (TPSA) is 73.7 Å². The van der Waals surface area contributed by atoms with Crippen molar-refractivity contribution in [2.45, 2.75) is 19.1 Å². The average molecular weight is 318 g/mol. The van der Waals surface area contributed by atoms with E-state index < -0.39 is 11.9 Å². The Labute approximate surface area is 134 Å². The van der Waals surface area contributed by atoms with Crippen LogP contribution in [0.4, 0.5) is 4.39 Å². The van der Waals surface area contributed by atoms with E-state index in [1.165, 1.54) is 23.1 Å². The standard InChI is InChI=1S/C17H19FN2O3/c18-15-5-1-4-14(9-15)16(22)10-17(23)20(7-8-21)12-13-3-2-6-19-11-13/h1-6,9,11,16,21-22H,7-8,10,12H2. The second-order valence-electron chi connectivity index (χ2n) is 5.18. The van der Waals surface area contributed by atoms with E-state index in [0.717, 1.165) is 5.56 Å². The number of carbonyl (C=O) groups excluding carboxylic acids is 1. The van der Waals surface area contributed by atoms with Crippen molar-refractivity contribution in [2.75, 3.05) is 13.2 Å². The summed E-state index contributed by atoms with van der Waals surface area (Å²) in [6, 6.07) is 9.12. The van der Waals surface area contributed by atoms with Crippen molar-refractivity contribution in [3.63, 3.8) is 0 Å². The maximum atomic E-state index is 13.2. The summed E-state index contributed by atoms with van der Waals surface area (Å²) in [4.78, 5) is 17.8. The molecule has 122 valence electrons. The van der Waals surface area contributed by atoms with E-state index in [2.05, 4.69) is 4.98 Å². The van der Waals surface area contributed by atoms with Crippen LogP contribution in [-0.2, 0) is 11.3 Å². The number of hydrogen-bond acceptors (Lipinski definition) is 4. The highest BCUT2D eigenvalue weighted by Gasteiger charge is 2.19. The summed E-state index contributed by atoms with van der Waals surface area (Å²) in [6.45, 7) is 0.273. The molecule has 1 atom stereocenters. The first-order valence-corrected chi connectivity index (χ1v) is 7.31. The summed E-state index contributed by atoms with van der Waals surface area (Å²) in [5.74, 6) is -0.781. The number of hydrogen-bond donors (Lipinski definition) is 2. The van der Waals surface area contributed by atoms with Gasteiger partial charge in [0, 0.05) is 25.5 Å².